The minimum atomic E-state index is -0.462. The summed E-state index contributed by atoms with van der Waals surface area (Å²) in [6, 6.07) is 1.84. The number of hydrogen-bond donors (Lipinski definition) is 1. The van der Waals surface area contributed by atoms with E-state index in [2.05, 4.69) is 19.8 Å². The number of aromatic nitrogens is 2. The van der Waals surface area contributed by atoms with Crippen molar-refractivity contribution >= 4 is 11.9 Å². The SMILES string of the molecule is CN(C)[C@@H]1CN(C(=O)CN2CCN(c3ncccn3)CC2)C[C@H]1O. The quantitative estimate of drug-likeness (QED) is 0.736. The first-order valence-electron chi connectivity index (χ1n) is 8.41. The lowest BCUT2D eigenvalue weighted by Crippen LogP contribution is -2.50. The van der Waals surface area contributed by atoms with Crippen LogP contribution in [0.4, 0.5) is 5.95 Å². The molecule has 3 heterocycles. The molecule has 1 amide bonds. The number of β-amino-alcohol motifs (C(OH)–C–C–N with tert-alkyl or cyclic N) is 1. The van der Waals surface area contributed by atoms with Crippen LogP contribution in [0.15, 0.2) is 18.5 Å². The minimum Gasteiger partial charge on any atom is -0.390 e. The fraction of sp³-hybridized carbons (Fsp3) is 0.688. The van der Waals surface area contributed by atoms with E-state index in [1.165, 1.54) is 0 Å². The summed E-state index contributed by atoms with van der Waals surface area (Å²) in [6.07, 6.45) is 3.03. The second-order valence-electron chi connectivity index (χ2n) is 6.71. The molecular weight excluding hydrogens is 308 g/mol. The Hall–Kier alpha value is -1.77. The monoisotopic (exact) mass is 334 g/mol. The summed E-state index contributed by atoms with van der Waals surface area (Å²) in [7, 11) is 3.87. The van der Waals surface area contributed by atoms with Crippen molar-refractivity contribution in [3.8, 4) is 0 Å². The minimum absolute atomic E-state index is 0.0287. The summed E-state index contributed by atoms with van der Waals surface area (Å²) in [5.74, 6) is 0.850. The molecule has 24 heavy (non-hydrogen) atoms. The van der Waals surface area contributed by atoms with Gasteiger partial charge < -0.3 is 19.8 Å². The lowest BCUT2D eigenvalue weighted by Gasteiger charge is -2.34. The Bertz CT molecular complexity index is 547. The van der Waals surface area contributed by atoms with Crippen LogP contribution in [-0.2, 0) is 4.79 Å². The highest BCUT2D eigenvalue weighted by Gasteiger charge is 2.35. The van der Waals surface area contributed by atoms with Gasteiger partial charge in [-0.2, -0.15) is 0 Å². The van der Waals surface area contributed by atoms with Crippen LogP contribution in [0.3, 0.4) is 0 Å². The van der Waals surface area contributed by atoms with Crippen LogP contribution in [0.2, 0.25) is 0 Å². The number of amides is 1. The van der Waals surface area contributed by atoms with Gasteiger partial charge in [0, 0.05) is 51.7 Å². The first kappa shape index (κ1) is 17.1. The first-order chi connectivity index (χ1) is 11.5. The van der Waals surface area contributed by atoms with Gasteiger partial charge in [-0.3, -0.25) is 9.69 Å². The van der Waals surface area contributed by atoms with Crippen LogP contribution < -0.4 is 4.90 Å². The molecule has 0 aromatic carbocycles. The molecule has 0 spiro atoms. The van der Waals surface area contributed by atoms with Crippen molar-refractivity contribution in [2.45, 2.75) is 12.1 Å². The van der Waals surface area contributed by atoms with Gasteiger partial charge in [0.05, 0.1) is 18.7 Å². The standard InChI is InChI=1S/C16H26N6O2/c1-19(2)13-10-22(11-14(13)23)15(24)12-20-6-8-21(9-7-20)16-17-4-3-5-18-16/h3-5,13-14,23H,6-12H2,1-2H3/t13-,14-/m1/s1. The predicted molar refractivity (Wildman–Crippen MR) is 90.7 cm³/mol. The van der Waals surface area contributed by atoms with E-state index < -0.39 is 6.10 Å². The predicted octanol–water partition coefficient (Wildman–Crippen LogP) is -1.27. The number of likely N-dealkylation sites (tertiary alicyclic amines) is 1. The lowest BCUT2D eigenvalue weighted by molar-refractivity contribution is -0.131. The van der Waals surface area contributed by atoms with E-state index in [1.54, 1.807) is 17.3 Å². The number of hydrogen-bond acceptors (Lipinski definition) is 7. The van der Waals surface area contributed by atoms with E-state index in [4.69, 9.17) is 0 Å². The number of piperazine rings is 1. The molecule has 2 fully saturated rings. The largest absolute Gasteiger partial charge is 0.390 e. The maximum Gasteiger partial charge on any atom is 0.236 e. The van der Waals surface area contributed by atoms with Gasteiger partial charge in [0.2, 0.25) is 11.9 Å². The number of aliphatic hydroxyl groups excluding tert-OH is 1. The van der Waals surface area contributed by atoms with Gasteiger partial charge in [0.1, 0.15) is 0 Å². The van der Waals surface area contributed by atoms with Gasteiger partial charge in [-0.15, -0.1) is 0 Å². The molecule has 1 aromatic rings. The van der Waals surface area contributed by atoms with Gasteiger partial charge in [0.25, 0.3) is 0 Å². The number of carbonyl (C=O) groups excluding carboxylic acids is 1. The van der Waals surface area contributed by atoms with E-state index in [1.807, 2.05) is 25.1 Å². The first-order valence-corrected chi connectivity index (χ1v) is 8.41. The molecule has 0 saturated carbocycles. The zero-order valence-corrected chi connectivity index (χ0v) is 14.4. The number of anilines is 1. The summed E-state index contributed by atoms with van der Waals surface area (Å²) in [5.41, 5.74) is 0. The fourth-order valence-corrected chi connectivity index (χ4v) is 3.33. The number of aliphatic hydroxyl groups is 1. The second-order valence-corrected chi connectivity index (χ2v) is 6.71. The molecule has 0 bridgehead atoms. The van der Waals surface area contributed by atoms with Crippen LogP contribution in [0.5, 0.6) is 0 Å². The van der Waals surface area contributed by atoms with Crippen molar-refractivity contribution in [3.63, 3.8) is 0 Å². The highest BCUT2D eigenvalue weighted by Crippen LogP contribution is 2.15. The third kappa shape index (κ3) is 3.82. The Morgan fingerprint density at radius 1 is 1.21 bits per heavy atom. The molecular formula is C16H26N6O2. The summed E-state index contributed by atoms with van der Waals surface area (Å²) >= 11 is 0. The van der Waals surface area contributed by atoms with Crippen molar-refractivity contribution in [2.75, 3.05) is 64.8 Å². The van der Waals surface area contributed by atoms with Crippen molar-refractivity contribution in [1.82, 2.24) is 24.7 Å². The molecule has 1 aromatic heterocycles. The Morgan fingerprint density at radius 2 is 1.88 bits per heavy atom. The normalized spacial score (nSPS) is 25.5. The maximum absolute atomic E-state index is 12.5. The van der Waals surface area contributed by atoms with Gasteiger partial charge >= 0.3 is 0 Å². The third-order valence-corrected chi connectivity index (χ3v) is 4.84. The molecule has 0 unspecified atom stereocenters. The molecule has 8 nitrogen and oxygen atoms in total. The molecule has 1 N–H and O–H groups in total. The second kappa shape index (κ2) is 7.42. The van der Waals surface area contributed by atoms with Gasteiger partial charge in [-0.1, -0.05) is 0 Å². The zero-order chi connectivity index (χ0) is 17.1. The van der Waals surface area contributed by atoms with Gasteiger partial charge in [-0.05, 0) is 20.2 Å². The molecule has 0 radical (unpaired) electrons. The van der Waals surface area contributed by atoms with E-state index in [-0.39, 0.29) is 11.9 Å². The number of likely N-dealkylation sites (N-methyl/N-ethyl adjacent to an activating group) is 1. The van der Waals surface area contributed by atoms with Crippen molar-refractivity contribution in [1.29, 1.82) is 0 Å². The summed E-state index contributed by atoms with van der Waals surface area (Å²) in [6.45, 7) is 4.72. The van der Waals surface area contributed by atoms with Crippen LogP contribution in [0, 0.1) is 0 Å². The molecule has 2 saturated heterocycles. The molecule has 2 atom stereocenters. The maximum atomic E-state index is 12.5. The Morgan fingerprint density at radius 3 is 2.46 bits per heavy atom. The molecule has 3 rings (SSSR count). The van der Waals surface area contributed by atoms with Crippen molar-refractivity contribution < 1.29 is 9.90 Å². The third-order valence-electron chi connectivity index (χ3n) is 4.84. The summed E-state index contributed by atoms with van der Waals surface area (Å²) in [4.78, 5) is 29.1. The van der Waals surface area contributed by atoms with Gasteiger partial charge in [-0.25, -0.2) is 9.97 Å². The van der Waals surface area contributed by atoms with Crippen molar-refractivity contribution in [3.05, 3.63) is 18.5 Å². The molecule has 2 aliphatic heterocycles. The molecule has 132 valence electrons. The van der Waals surface area contributed by atoms with Crippen LogP contribution >= 0.6 is 0 Å². The van der Waals surface area contributed by atoms with E-state index in [9.17, 15) is 9.90 Å². The number of rotatable bonds is 4. The Balaban J connectivity index is 1.47. The number of nitrogens with zero attached hydrogens (tertiary/aromatic N) is 6. The molecule has 8 heteroatoms. The average Bonchev–Trinajstić information content (AvgIpc) is 2.99. The summed E-state index contributed by atoms with van der Waals surface area (Å²) in [5, 5.41) is 10.1. The lowest BCUT2D eigenvalue weighted by atomic mass is 10.2. The molecule has 2 aliphatic rings. The Labute approximate surface area is 142 Å². The smallest absolute Gasteiger partial charge is 0.236 e. The van der Waals surface area contributed by atoms with Crippen LogP contribution in [0.25, 0.3) is 0 Å². The topological polar surface area (TPSA) is 76.0 Å². The van der Waals surface area contributed by atoms with E-state index >= 15 is 0 Å². The summed E-state index contributed by atoms with van der Waals surface area (Å²) < 4.78 is 0. The average molecular weight is 334 g/mol. The van der Waals surface area contributed by atoms with Gasteiger partial charge in [0.15, 0.2) is 0 Å². The number of carbonyl (C=O) groups is 1. The highest BCUT2D eigenvalue weighted by atomic mass is 16.3. The fourth-order valence-electron chi connectivity index (χ4n) is 3.33. The van der Waals surface area contributed by atoms with E-state index in [0.717, 1.165) is 32.1 Å². The van der Waals surface area contributed by atoms with E-state index in [0.29, 0.717) is 19.6 Å². The highest BCUT2D eigenvalue weighted by molar-refractivity contribution is 5.78. The molecule has 0 aliphatic carbocycles. The van der Waals surface area contributed by atoms with Crippen LogP contribution in [0.1, 0.15) is 0 Å². The van der Waals surface area contributed by atoms with Crippen molar-refractivity contribution in [2.24, 2.45) is 0 Å². The Kier molecular flexibility index (Phi) is 5.27. The zero-order valence-electron chi connectivity index (χ0n) is 14.4. The van der Waals surface area contributed by atoms with Crippen LogP contribution in [-0.4, -0.2) is 108 Å².